The van der Waals surface area contributed by atoms with Gasteiger partial charge in [0.05, 0.1) is 18.1 Å². The predicted octanol–water partition coefficient (Wildman–Crippen LogP) is 2.21. The van der Waals surface area contributed by atoms with Crippen molar-refractivity contribution >= 4 is 5.82 Å². The van der Waals surface area contributed by atoms with Crippen LogP contribution in [0, 0.1) is 5.92 Å². The van der Waals surface area contributed by atoms with Gasteiger partial charge in [-0.2, -0.15) is 0 Å². The third-order valence-corrected chi connectivity index (χ3v) is 3.31. The van der Waals surface area contributed by atoms with Crippen LogP contribution in [-0.4, -0.2) is 29.6 Å². The van der Waals surface area contributed by atoms with Gasteiger partial charge in [-0.1, -0.05) is 6.92 Å². The lowest BCUT2D eigenvalue weighted by Crippen LogP contribution is -2.26. The first kappa shape index (κ1) is 13.3. The Morgan fingerprint density at radius 2 is 2.11 bits per heavy atom. The predicted molar refractivity (Wildman–Crippen MR) is 74.6 cm³/mol. The number of hydrogen-bond acceptors (Lipinski definition) is 4. The van der Waals surface area contributed by atoms with E-state index >= 15 is 0 Å². The third kappa shape index (κ3) is 3.95. The highest BCUT2D eigenvalue weighted by molar-refractivity contribution is 5.35. The molecule has 0 saturated heterocycles. The van der Waals surface area contributed by atoms with Crippen LogP contribution in [0.4, 0.5) is 5.82 Å². The Hall–Kier alpha value is -1.16. The van der Waals surface area contributed by atoms with Crippen molar-refractivity contribution < 1.29 is 0 Å². The quantitative estimate of drug-likeness (QED) is 0.716. The van der Waals surface area contributed by atoms with Crippen molar-refractivity contribution in [3.8, 4) is 0 Å². The SMILES string of the molecule is CCCNCc1cnc(N(CC)CC2CC2)cn1. The second kappa shape index (κ2) is 6.69. The zero-order valence-electron chi connectivity index (χ0n) is 11.5. The van der Waals surface area contributed by atoms with Crippen molar-refractivity contribution in [1.82, 2.24) is 15.3 Å². The van der Waals surface area contributed by atoms with E-state index in [2.05, 4.69) is 34.0 Å². The summed E-state index contributed by atoms with van der Waals surface area (Å²) in [4.78, 5) is 11.3. The summed E-state index contributed by atoms with van der Waals surface area (Å²) in [7, 11) is 0. The van der Waals surface area contributed by atoms with E-state index in [1.165, 1.54) is 12.8 Å². The first-order chi connectivity index (χ1) is 8.83. The summed E-state index contributed by atoms with van der Waals surface area (Å²) in [6.45, 7) is 8.35. The molecule has 0 amide bonds. The van der Waals surface area contributed by atoms with Crippen molar-refractivity contribution in [3.05, 3.63) is 18.1 Å². The highest BCUT2D eigenvalue weighted by Gasteiger charge is 2.24. The summed E-state index contributed by atoms with van der Waals surface area (Å²) in [6.07, 6.45) is 7.71. The summed E-state index contributed by atoms with van der Waals surface area (Å²) < 4.78 is 0. The van der Waals surface area contributed by atoms with Gasteiger partial charge in [-0.05, 0) is 38.6 Å². The van der Waals surface area contributed by atoms with Gasteiger partial charge in [0.15, 0.2) is 0 Å². The van der Waals surface area contributed by atoms with Gasteiger partial charge in [-0.25, -0.2) is 4.98 Å². The normalized spacial score (nSPS) is 14.8. The maximum atomic E-state index is 4.53. The molecule has 1 aromatic rings. The largest absolute Gasteiger partial charge is 0.355 e. The molecular weight excluding hydrogens is 224 g/mol. The number of hydrogen-bond donors (Lipinski definition) is 1. The average Bonchev–Trinajstić information content (AvgIpc) is 3.21. The number of anilines is 1. The van der Waals surface area contributed by atoms with Crippen LogP contribution in [0.1, 0.15) is 38.8 Å². The summed E-state index contributed by atoms with van der Waals surface area (Å²) in [5, 5.41) is 3.34. The number of rotatable bonds is 8. The summed E-state index contributed by atoms with van der Waals surface area (Å²) >= 11 is 0. The van der Waals surface area contributed by atoms with Crippen molar-refractivity contribution in [2.45, 2.75) is 39.7 Å². The summed E-state index contributed by atoms with van der Waals surface area (Å²) in [6, 6.07) is 0. The topological polar surface area (TPSA) is 41.1 Å². The molecule has 0 radical (unpaired) electrons. The highest BCUT2D eigenvalue weighted by Crippen LogP contribution is 2.30. The van der Waals surface area contributed by atoms with E-state index in [-0.39, 0.29) is 0 Å². The van der Waals surface area contributed by atoms with E-state index in [0.29, 0.717) is 0 Å². The molecule has 1 aliphatic carbocycles. The standard InChI is InChI=1S/C14H24N4/c1-3-7-15-8-13-9-17-14(10-16-13)18(4-2)11-12-5-6-12/h9-10,12,15H,3-8,11H2,1-2H3. The summed E-state index contributed by atoms with van der Waals surface area (Å²) in [5.41, 5.74) is 1.02. The number of aromatic nitrogens is 2. The lowest BCUT2D eigenvalue weighted by atomic mass is 10.3. The summed E-state index contributed by atoms with van der Waals surface area (Å²) in [5.74, 6) is 1.90. The Balaban J connectivity index is 1.88. The third-order valence-electron chi connectivity index (χ3n) is 3.31. The van der Waals surface area contributed by atoms with Crippen molar-refractivity contribution in [3.63, 3.8) is 0 Å². The smallest absolute Gasteiger partial charge is 0.147 e. The van der Waals surface area contributed by atoms with Crippen LogP contribution < -0.4 is 10.2 Å². The molecule has 1 aromatic heterocycles. The molecule has 2 rings (SSSR count). The molecule has 1 aliphatic rings. The van der Waals surface area contributed by atoms with Gasteiger partial charge in [0.2, 0.25) is 0 Å². The molecule has 1 saturated carbocycles. The van der Waals surface area contributed by atoms with Crippen molar-refractivity contribution in [2.24, 2.45) is 5.92 Å². The molecule has 100 valence electrons. The zero-order valence-corrected chi connectivity index (χ0v) is 11.5. The molecule has 1 fully saturated rings. The van der Waals surface area contributed by atoms with Gasteiger partial charge < -0.3 is 10.2 Å². The van der Waals surface area contributed by atoms with Gasteiger partial charge in [-0.15, -0.1) is 0 Å². The molecule has 0 unspecified atom stereocenters. The minimum atomic E-state index is 0.815. The van der Waals surface area contributed by atoms with E-state index in [1.54, 1.807) is 0 Å². The van der Waals surface area contributed by atoms with Crippen molar-refractivity contribution in [2.75, 3.05) is 24.5 Å². The molecule has 0 atom stereocenters. The molecule has 0 aromatic carbocycles. The monoisotopic (exact) mass is 248 g/mol. The second-order valence-corrected chi connectivity index (χ2v) is 5.02. The van der Waals surface area contributed by atoms with Gasteiger partial charge in [0.25, 0.3) is 0 Å². The molecule has 1 heterocycles. The molecule has 0 spiro atoms. The van der Waals surface area contributed by atoms with E-state index in [9.17, 15) is 0 Å². The van der Waals surface area contributed by atoms with Gasteiger partial charge in [0, 0.05) is 19.6 Å². The Kier molecular flexibility index (Phi) is 4.93. The first-order valence-electron chi connectivity index (χ1n) is 7.10. The fourth-order valence-electron chi connectivity index (χ4n) is 1.99. The Labute approximate surface area is 110 Å². The molecule has 4 nitrogen and oxygen atoms in total. The molecule has 18 heavy (non-hydrogen) atoms. The van der Waals surface area contributed by atoms with Gasteiger partial charge in [-0.3, -0.25) is 4.98 Å². The Morgan fingerprint density at radius 3 is 2.67 bits per heavy atom. The molecule has 4 heteroatoms. The van der Waals surface area contributed by atoms with E-state index in [4.69, 9.17) is 0 Å². The minimum absolute atomic E-state index is 0.815. The van der Waals surface area contributed by atoms with Crippen LogP contribution in [-0.2, 0) is 6.54 Å². The molecular formula is C14H24N4. The van der Waals surface area contributed by atoms with Crippen molar-refractivity contribution in [1.29, 1.82) is 0 Å². The van der Waals surface area contributed by atoms with E-state index < -0.39 is 0 Å². The van der Waals surface area contributed by atoms with Gasteiger partial charge >= 0.3 is 0 Å². The second-order valence-electron chi connectivity index (χ2n) is 5.02. The number of nitrogens with one attached hydrogen (secondary N) is 1. The average molecular weight is 248 g/mol. The molecule has 1 N–H and O–H groups in total. The Bertz CT molecular complexity index is 345. The van der Waals surface area contributed by atoms with Gasteiger partial charge in [0.1, 0.15) is 5.82 Å². The van der Waals surface area contributed by atoms with E-state index in [1.807, 2.05) is 12.4 Å². The fourth-order valence-corrected chi connectivity index (χ4v) is 1.99. The zero-order chi connectivity index (χ0) is 12.8. The Morgan fingerprint density at radius 1 is 1.28 bits per heavy atom. The number of nitrogens with zero attached hydrogens (tertiary/aromatic N) is 3. The van der Waals surface area contributed by atoms with Crippen LogP contribution in [0.5, 0.6) is 0 Å². The van der Waals surface area contributed by atoms with E-state index in [0.717, 1.165) is 50.0 Å². The maximum absolute atomic E-state index is 4.53. The van der Waals surface area contributed by atoms with Crippen LogP contribution in [0.3, 0.4) is 0 Å². The van der Waals surface area contributed by atoms with Crippen LogP contribution in [0.2, 0.25) is 0 Å². The highest BCUT2D eigenvalue weighted by atomic mass is 15.2. The minimum Gasteiger partial charge on any atom is -0.355 e. The molecule has 0 aliphatic heterocycles. The maximum Gasteiger partial charge on any atom is 0.147 e. The lowest BCUT2D eigenvalue weighted by molar-refractivity contribution is 0.660. The first-order valence-corrected chi connectivity index (χ1v) is 7.10. The van der Waals surface area contributed by atoms with Crippen LogP contribution in [0.25, 0.3) is 0 Å². The fraction of sp³-hybridized carbons (Fsp3) is 0.714. The molecule has 0 bridgehead atoms. The lowest BCUT2D eigenvalue weighted by Gasteiger charge is -2.21. The van der Waals surface area contributed by atoms with Crippen LogP contribution >= 0.6 is 0 Å². The van der Waals surface area contributed by atoms with Crippen LogP contribution in [0.15, 0.2) is 12.4 Å².